The molecule has 0 aliphatic carbocycles. The van der Waals surface area contributed by atoms with Crippen LogP contribution in [0.1, 0.15) is 29.6 Å². The van der Waals surface area contributed by atoms with E-state index in [-0.39, 0.29) is 0 Å². The van der Waals surface area contributed by atoms with E-state index in [4.69, 9.17) is 0 Å². The first-order chi connectivity index (χ1) is 13.4. The molecule has 1 saturated heterocycles. The van der Waals surface area contributed by atoms with Crippen molar-refractivity contribution in [2.24, 2.45) is 0 Å². The number of carbonyl (C=O) groups excluding carboxylic acids is 6. The molecule has 0 amide bonds. The first kappa shape index (κ1) is 21.3. The maximum atomic E-state index is 11.9. The van der Waals surface area contributed by atoms with Gasteiger partial charge in [-0.15, -0.1) is 0 Å². The predicted octanol–water partition coefficient (Wildman–Crippen LogP) is -1.46. The van der Waals surface area contributed by atoms with Gasteiger partial charge in [0.1, 0.15) is 6.42 Å². The third-order valence-corrected chi connectivity index (χ3v) is 3.49. The molecule has 1 fully saturated rings. The van der Waals surface area contributed by atoms with E-state index in [9.17, 15) is 49.2 Å². The summed E-state index contributed by atoms with van der Waals surface area (Å²) >= 11 is 0. The second-order valence-corrected chi connectivity index (χ2v) is 5.79. The Bertz CT molecular complexity index is 908. The lowest BCUT2D eigenvalue weighted by atomic mass is 9.95. The normalized spacial score (nSPS) is 20.0. The average Bonchev–Trinajstić information content (AvgIpc) is 2.60. The van der Waals surface area contributed by atoms with Crippen LogP contribution in [0.15, 0.2) is 12.1 Å². The molecule has 2 rings (SSSR count). The molecule has 0 saturated carbocycles. The molecule has 1 atom stereocenters. The minimum Gasteiger partial charge on any atom is -0.504 e. The monoisotopic (exact) mass is 412 g/mol. The number of phenols is 3. The Labute approximate surface area is 160 Å². The van der Waals surface area contributed by atoms with Crippen molar-refractivity contribution < 1.29 is 63.4 Å². The summed E-state index contributed by atoms with van der Waals surface area (Å²) < 4.78 is 12.7. The van der Waals surface area contributed by atoms with Crippen molar-refractivity contribution in [1.82, 2.24) is 0 Å². The van der Waals surface area contributed by atoms with E-state index >= 15 is 0 Å². The number of hydrogen-bond donors (Lipinski definition) is 4. The number of phenolic OH excluding ortho intramolecular Hbond substituents is 3. The Balaban J connectivity index is 2.17. The maximum absolute atomic E-state index is 11.9. The van der Waals surface area contributed by atoms with Crippen molar-refractivity contribution in [2.45, 2.75) is 24.9 Å². The van der Waals surface area contributed by atoms with Crippen LogP contribution in [-0.4, -0.2) is 61.8 Å². The molecule has 1 aromatic rings. The zero-order chi connectivity index (χ0) is 21.9. The number of aromatic hydroxyl groups is 3. The van der Waals surface area contributed by atoms with Gasteiger partial charge in [-0.25, -0.2) is 9.59 Å². The molecule has 1 unspecified atom stereocenters. The van der Waals surface area contributed by atoms with Gasteiger partial charge in [-0.1, -0.05) is 0 Å². The second-order valence-electron chi connectivity index (χ2n) is 5.79. The zero-order valence-corrected chi connectivity index (χ0v) is 14.2. The molecule has 1 heterocycles. The highest BCUT2D eigenvalue weighted by Gasteiger charge is 2.46. The topological polar surface area (TPSA) is 211 Å². The van der Waals surface area contributed by atoms with E-state index in [2.05, 4.69) is 14.2 Å². The van der Waals surface area contributed by atoms with E-state index in [1.807, 2.05) is 0 Å². The average molecular weight is 412 g/mol. The highest BCUT2D eigenvalue weighted by Crippen LogP contribution is 2.35. The van der Waals surface area contributed by atoms with Crippen LogP contribution in [0.25, 0.3) is 0 Å². The molecule has 13 heteroatoms. The van der Waals surface area contributed by atoms with Gasteiger partial charge in [0.25, 0.3) is 0 Å². The molecule has 29 heavy (non-hydrogen) atoms. The highest BCUT2D eigenvalue weighted by atomic mass is 16.6. The lowest BCUT2D eigenvalue weighted by Crippen LogP contribution is -2.45. The standard InChI is InChI=1S/C16H12O13/c17-7-1-6(2-8(18)13(7)23)14(24)28-12(22)5-16(26)4-11(21)27-9(19)3-10(20)29-15(16)25/h1-2,17-18,23,26H,3-5H2. The van der Waals surface area contributed by atoms with Crippen molar-refractivity contribution in [3.05, 3.63) is 17.7 Å². The molecule has 4 N–H and O–H groups in total. The van der Waals surface area contributed by atoms with E-state index in [0.717, 1.165) is 0 Å². The lowest BCUT2D eigenvalue weighted by molar-refractivity contribution is -0.179. The van der Waals surface area contributed by atoms with Gasteiger partial charge in [0.2, 0.25) is 0 Å². The van der Waals surface area contributed by atoms with Crippen molar-refractivity contribution >= 4 is 35.8 Å². The smallest absolute Gasteiger partial charge is 0.347 e. The summed E-state index contributed by atoms with van der Waals surface area (Å²) in [6.07, 6.45) is -3.72. The van der Waals surface area contributed by atoms with Gasteiger partial charge in [0, 0.05) is 0 Å². The minimum atomic E-state index is -2.99. The number of hydrogen-bond acceptors (Lipinski definition) is 13. The van der Waals surface area contributed by atoms with Crippen LogP contribution in [0, 0.1) is 0 Å². The molecule has 13 nitrogen and oxygen atoms in total. The van der Waals surface area contributed by atoms with E-state index in [0.29, 0.717) is 12.1 Å². The molecule has 1 aliphatic heterocycles. The first-order valence-electron chi connectivity index (χ1n) is 7.62. The second kappa shape index (κ2) is 7.93. The summed E-state index contributed by atoms with van der Waals surface area (Å²) in [6, 6.07) is 1.30. The van der Waals surface area contributed by atoms with E-state index in [1.54, 1.807) is 0 Å². The van der Waals surface area contributed by atoms with Gasteiger partial charge in [0.15, 0.2) is 22.8 Å². The predicted molar refractivity (Wildman–Crippen MR) is 82.9 cm³/mol. The van der Waals surface area contributed by atoms with Crippen LogP contribution in [0.3, 0.4) is 0 Å². The number of rotatable bonds is 3. The fourth-order valence-electron chi connectivity index (χ4n) is 2.16. The van der Waals surface area contributed by atoms with Crippen molar-refractivity contribution in [1.29, 1.82) is 0 Å². The Kier molecular flexibility index (Phi) is 5.83. The van der Waals surface area contributed by atoms with Crippen molar-refractivity contribution in [3.8, 4) is 17.2 Å². The number of cyclic esters (lactones) is 4. The fraction of sp³-hybridized carbons (Fsp3) is 0.250. The summed E-state index contributed by atoms with van der Waals surface area (Å²) in [7, 11) is 0. The summed E-state index contributed by atoms with van der Waals surface area (Å²) in [4.78, 5) is 69.9. The van der Waals surface area contributed by atoms with Crippen molar-refractivity contribution in [2.75, 3.05) is 0 Å². The third kappa shape index (κ3) is 5.04. The molecule has 0 bridgehead atoms. The van der Waals surface area contributed by atoms with Gasteiger partial charge in [-0.05, 0) is 12.1 Å². The number of aliphatic hydroxyl groups is 1. The third-order valence-electron chi connectivity index (χ3n) is 3.49. The molecular formula is C16H12O13. The van der Waals surface area contributed by atoms with Crippen LogP contribution >= 0.6 is 0 Å². The van der Waals surface area contributed by atoms with Gasteiger partial charge in [0.05, 0.1) is 18.4 Å². The molecule has 1 aromatic carbocycles. The molecule has 0 aromatic heterocycles. The summed E-state index contributed by atoms with van der Waals surface area (Å²) in [5.41, 5.74) is -3.58. The largest absolute Gasteiger partial charge is 0.504 e. The van der Waals surface area contributed by atoms with Gasteiger partial charge in [-0.2, -0.15) is 0 Å². The molecular weight excluding hydrogens is 400 g/mol. The van der Waals surface area contributed by atoms with Crippen LogP contribution < -0.4 is 0 Å². The maximum Gasteiger partial charge on any atom is 0.347 e. The SMILES string of the molecule is O=C1CC(=O)OC(=O)C(O)(CC(=O)OC(=O)c2cc(O)c(O)c(O)c2)CC(=O)O1. The van der Waals surface area contributed by atoms with Gasteiger partial charge < -0.3 is 34.6 Å². The molecule has 1 aliphatic rings. The quantitative estimate of drug-likeness (QED) is 0.194. The molecule has 154 valence electrons. The van der Waals surface area contributed by atoms with Crippen LogP contribution in [0.2, 0.25) is 0 Å². The fourth-order valence-corrected chi connectivity index (χ4v) is 2.16. The lowest BCUT2D eigenvalue weighted by Gasteiger charge is -2.22. The Morgan fingerprint density at radius 3 is 2.10 bits per heavy atom. The Morgan fingerprint density at radius 1 is 0.966 bits per heavy atom. The zero-order valence-electron chi connectivity index (χ0n) is 14.2. The Hall–Kier alpha value is -4.00. The summed E-state index contributed by atoms with van der Waals surface area (Å²) in [6.45, 7) is 0. The van der Waals surface area contributed by atoms with E-state index < -0.39 is 83.5 Å². The van der Waals surface area contributed by atoms with E-state index in [1.165, 1.54) is 0 Å². The van der Waals surface area contributed by atoms with Crippen LogP contribution in [-0.2, 0) is 38.2 Å². The van der Waals surface area contributed by atoms with Gasteiger partial charge in [-0.3, -0.25) is 19.2 Å². The van der Waals surface area contributed by atoms with Crippen LogP contribution in [0.4, 0.5) is 0 Å². The minimum absolute atomic E-state index is 0.588. The summed E-state index contributed by atoms with van der Waals surface area (Å²) in [5, 5.41) is 38.2. The van der Waals surface area contributed by atoms with Crippen LogP contribution in [0.5, 0.6) is 17.2 Å². The molecule has 0 radical (unpaired) electrons. The van der Waals surface area contributed by atoms with Gasteiger partial charge >= 0.3 is 35.8 Å². The number of benzene rings is 1. The molecule has 0 spiro atoms. The first-order valence-corrected chi connectivity index (χ1v) is 7.62. The Morgan fingerprint density at radius 2 is 1.52 bits per heavy atom. The highest BCUT2D eigenvalue weighted by molar-refractivity contribution is 6.05. The number of carbonyl (C=O) groups is 6. The van der Waals surface area contributed by atoms with Crippen molar-refractivity contribution in [3.63, 3.8) is 0 Å². The summed E-state index contributed by atoms with van der Waals surface area (Å²) in [5.74, 6) is -11.8. The number of ether oxygens (including phenoxy) is 3. The number of esters is 6.